The normalized spacial score (nSPS) is 11.4. The van der Waals surface area contributed by atoms with Gasteiger partial charge in [0, 0.05) is 20.3 Å². The van der Waals surface area contributed by atoms with Crippen LogP contribution in [0.15, 0.2) is 24.3 Å². The number of nitrogens with one attached hydrogen (secondary N) is 1. The van der Waals surface area contributed by atoms with Crippen LogP contribution >= 0.6 is 0 Å². The molecule has 0 saturated carbocycles. The van der Waals surface area contributed by atoms with Gasteiger partial charge in [-0.05, 0) is 30.5 Å². The van der Waals surface area contributed by atoms with Gasteiger partial charge in [0.1, 0.15) is 0 Å². The van der Waals surface area contributed by atoms with Gasteiger partial charge in [-0.1, -0.05) is 12.1 Å². The van der Waals surface area contributed by atoms with E-state index >= 15 is 0 Å². The molecule has 1 aromatic carbocycles. The van der Waals surface area contributed by atoms with Crippen molar-refractivity contribution in [2.45, 2.75) is 12.8 Å². The van der Waals surface area contributed by atoms with Gasteiger partial charge in [0.15, 0.2) is 0 Å². The van der Waals surface area contributed by atoms with Crippen molar-refractivity contribution in [2.75, 3.05) is 26.0 Å². The second kappa shape index (κ2) is 7.98. The Labute approximate surface area is 118 Å². The number of rotatable bonds is 9. The van der Waals surface area contributed by atoms with Gasteiger partial charge >= 0.3 is 5.97 Å². The minimum Gasteiger partial charge on any atom is -0.478 e. The van der Waals surface area contributed by atoms with E-state index in [0.29, 0.717) is 26.0 Å². The van der Waals surface area contributed by atoms with Crippen LogP contribution in [0.5, 0.6) is 0 Å². The maximum Gasteiger partial charge on any atom is 0.335 e. The Morgan fingerprint density at radius 3 is 2.50 bits per heavy atom. The Hall–Kier alpha value is -1.44. The molecule has 0 unspecified atom stereocenters. The average Bonchev–Trinajstić information content (AvgIpc) is 2.39. The Bertz CT molecular complexity index is 524. The third kappa shape index (κ3) is 6.14. The molecule has 1 aromatic rings. The molecule has 1 rings (SSSR count). The highest BCUT2D eigenvalue weighted by Crippen LogP contribution is 2.05. The van der Waals surface area contributed by atoms with Gasteiger partial charge < -0.3 is 9.84 Å². The smallest absolute Gasteiger partial charge is 0.335 e. The summed E-state index contributed by atoms with van der Waals surface area (Å²) in [4.78, 5) is 10.7. The zero-order valence-corrected chi connectivity index (χ0v) is 12.1. The summed E-state index contributed by atoms with van der Waals surface area (Å²) < 4.78 is 30.5. The number of aromatic carboxylic acids is 1. The number of hydrogen-bond acceptors (Lipinski definition) is 4. The van der Waals surface area contributed by atoms with E-state index in [4.69, 9.17) is 9.84 Å². The van der Waals surface area contributed by atoms with E-state index in [9.17, 15) is 13.2 Å². The molecule has 0 radical (unpaired) electrons. The molecule has 0 aliphatic rings. The standard InChI is InChI=1S/C13H19NO5S/c1-19-9-2-10-20(17,18)14-8-7-11-3-5-12(6-4-11)13(15)16/h3-6,14H,2,7-10H2,1H3,(H,15,16). The summed E-state index contributed by atoms with van der Waals surface area (Å²) in [7, 11) is -1.74. The topological polar surface area (TPSA) is 92.7 Å². The fraction of sp³-hybridized carbons (Fsp3) is 0.462. The molecule has 0 amide bonds. The number of sulfonamides is 1. The third-order valence-electron chi connectivity index (χ3n) is 2.70. The zero-order chi connectivity index (χ0) is 15.0. The lowest BCUT2D eigenvalue weighted by Gasteiger charge is -2.06. The van der Waals surface area contributed by atoms with Gasteiger partial charge in [-0.2, -0.15) is 0 Å². The molecule has 2 N–H and O–H groups in total. The molecule has 0 aliphatic carbocycles. The summed E-state index contributed by atoms with van der Waals surface area (Å²) in [5.74, 6) is -0.936. The minimum absolute atomic E-state index is 0.0405. The lowest BCUT2D eigenvalue weighted by Crippen LogP contribution is -2.28. The Morgan fingerprint density at radius 1 is 1.30 bits per heavy atom. The van der Waals surface area contributed by atoms with Crippen molar-refractivity contribution in [3.8, 4) is 0 Å². The molecule has 0 aliphatic heterocycles. The van der Waals surface area contributed by atoms with Gasteiger partial charge in [-0.3, -0.25) is 0 Å². The second-order valence-corrected chi connectivity index (χ2v) is 6.24. The van der Waals surface area contributed by atoms with Crippen LogP contribution in [0.4, 0.5) is 0 Å². The number of ether oxygens (including phenoxy) is 1. The van der Waals surface area contributed by atoms with Crippen LogP contribution in [0.3, 0.4) is 0 Å². The van der Waals surface area contributed by atoms with E-state index in [1.54, 1.807) is 12.1 Å². The maximum absolute atomic E-state index is 11.6. The van der Waals surface area contributed by atoms with Crippen molar-refractivity contribution in [3.05, 3.63) is 35.4 Å². The predicted octanol–water partition coefficient (Wildman–Crippen LogP) is 0.883. The average molecular weight is 301 g/mol. The first-order valence-electron chi connectivity index (χ1n) is 6.23. The van der Waals surface area contributed by atoms with Gasteiger partial charge in [0.25, 0.3) is 0 Å². The fourth-order valence-corrected chi connectivity index (χ4v) is 2.69. The summed E-state index contributed by atoms with van der Waals surface area (Å²) in [5.41, 5.74) is 1.10. The quantitative estimate of drug-likeness (QED) is 0.661. The third-order valence-corrected chi connectivity index (χ3v) is 4.17. The van der Waals surface area contributed by atoms with Crippen molar-refractivity contribution in [2.24, 2.45) is 0 Å². The SMILES string of the molecule is COCCCS(=O)(=O)NCCc1ccc(C(=O)O)cc1. The number of carboxylic acids is 1. The van der Waals surface area contributed by atoms with Crippen LogP contribution in [0.25, 0.3) is 0 Å². The fourth-order valence-electron chi connectivity index (χ4n) is 1.63. The molecule has 112 valence electrons. The van der Waals surface area contributed by atoms with Gasteiger partial charge in [-0.25, -0.2) is 17.9 Å². The maximum atomic E-state index is 11.6. The van der Waals surface area contributed by atoms with Gasteiger partial charge in [-0.15, -0.1) is 0 Å². The Morgan fingerprint density at radius 2 is 1.95 bits per heavy atom. The van der Waals surface area contributed by atoms with Crippen LogP contribution in [0.1, 0.15) is 22.3 Å². The highest BCUT2D eigenvalue weighted by Gasteiger charge is 2.09. The number of carboxylic acid groups (broad SMARTS) is 1. The van der Waals surface area contributed by atoms with Crippen LogP contribution in [-0.2, 0) is 21.2 Å². The first-order valence-corrected chi connectivity index (χ1v) is 7.88. The first-order chi connectivity index (χ1) is 9.44. The van der Waals surface area contributed by atoms with Crippen LogP contribution < -0.4 is 4.72 Å². The zero-order valence-electron chi connectivity index (χ0n) is 11.3. The van der Waals surface area contributed by atoms with Crippen molar-refractivity contribution >= 4 is 16.0 Å². The van der Waals surface area contributed by atoms with Crippen LogP contribution in [-0.4, -0.2) is 45.5 Å². The molecule has 0 fully saturated rings. The molecular weight excluding hydrogens is 282 g/mol. The molecule has 7 heteroatoms. The highest BCUT2D eigenvalue weighted by atomic mass is 32.2. The molecule has 0 heterocycles. The van der Waals surface area contributed by atoms with Crippen molar-refractivity contribution in [1.29, 1.82) is 0 Å². The Kier molecular flexibility index (Phi) is 6.63. The summed E-state index contributed by atoms with van der Waals surface area (Å²) in [6.07, 6.45) is 0.975. The lowest BCUT2D eigenvalue weighted by molar-refractivity contribution is 0.0697. The van der Waals surface area contributed by atoms with Crippen molar-refractivity contribution in [1.82, 2.24) is 4.72 Å². The van der Waals surface area contributed by atoms with E-state index in [1.165, 1.54) is 19.2 Å². The second-order valence-electron chi connectivity index (χ2n) is 4.31. The number of benzene rings is 1. The van der Waals surface area contributed by atoms with Gasteiger partial charge in [0.2, 0.25) is 10.0 Å². The largest absolute Gasteiger partial charge is 0.478 e. The summed E-state index contributed by atoms with van der Waals surface area (Å²) in [6, 6.07) is 6.38. The van der Waals surface area contributed by atoms with E-state index in [2.05, 4.69) is 4.72 Å². The van der Waals surface area contributed by atoms with Crippen LogP contribution in [0, 0.1) is 0 Å². The van der Waals surface area contributed by atoms with Crippen LogP contribution in [0.2, 0.25) is 0 Å². The lowest BCUT2D eigenvalue weighted by atomic mass is 10.1. The van der Waals surface area contributed by atoms with Crippen molar-refractivity contribution in [3.63, 3.8) is 0 Å². The molecule has 0 saturated heterocycles. The number of methoxy groups -OCH3 is 1. The number of carbonyl (C=O) groups is 1. The minimum atomic E-state index is -3.27. The molecule has 20 heavy (non-hydrogen) atoms. The predicted molar refractivity (Wildman–Crippen MR) is 75.4 cm³/mol. The Balaban J connectivity index is 2.38. The molecule has 6 nitrogen and oxygen atoms in total. The summed E-state index contributed by atoms with van der Waals surface area (Å²) in [6.45, 7) is 0.708. The van der Waals surface area contributed by atoms with E-state index in [0.717, 1.165) is 5.56 Å². The highest BCUT2D eigenvalue weighted by molar-refractivity contribution is 7.89. The molecule has 0 atom stereocenters. The molecule has 0 aromatic heterocycles. The van der Waals surface area contributed by atoms with E-state index < -0.39 is 16.0 Å². The van der Waals surface area contributed by atoms with Crippen molar-refractivity contribution < 1.29 is 23.1 Å². The molecular formula is C13H19NO5S. The van der Waals surface area contributed by atoms with E-state index in [1.807, 2.05) is 0 Å². The van der Waals surface area contributed by atoms with Gasteiger partial charge in [0.05, 0.1) is 11.3 Å². The first kappa shape index (κ1) is 16.6. The summed E-state index contributed by atoms with van der Waals surface area (Å²) >= 11 is 0. The number of hydrogen-bond donors (Lipinski definition) is 2. The monoisotopic (exact) mass is 301 g/mol. The van der Waals surface area contributed by atoms with E-state index in [-0.39, 0.29) is 11.3 Å². The molecule has 0 bridgehead atoms. The molecule has 0 spiro atoms. The summed E-state index contributed by atoms with van der Waals surface area (Å²) in [5, 5.41) is 8.76.